The largest absolute Gasteiger partial charge is 0.481 e. The molecule has 2 aliphatic rings. The van der Waals surface area contributed by atoms with Crippen LogP contribution in [0.5, 0.6) is 6.01 Å². The molecule has 1 aromatic carbocycles. The van der Waals surface area contributed by atoms with Crippen LogP contribution in [0.25, 0.3) is 0 Å². The fraction of sp³-hybridized carbons (Fsp3) is 0.500. The second-order valence-electron chi connectivity index (χ2n) is 8.78. The highest BCUT2D eigenvalue weighted by atomic mass is 16.5. The van der Waals surface area contributed by atoms with E-state index in [9.17, 15) is 9.59 Å². The molecule has 8 nitrogen and oxygen atoms in total. The lowest BCUT2D eigenvalue weighted by atomic mass is 9.77. The molecule has 1 aliphatic heterocycles. The molecule has 170 valence electrons. The van der Waals surface area contributed by atoms with Crippen LogP contribution in [0.2, 0.25) is 0 Å². The van der Waals surface area contributed by atoms with Crippen molar-refractivity contribution in [3.05, 3.63) is 41.1 Å². The molecule has 1 atom stereocenters. The van der Waals surface area contributed by atoms with Crippen LogP contribution in [0.1, 0.15) is 73.5 Å². The van der Waals surface area contributed by atoms with Gasteiger partial charge in [-0.15, -0.1) is 0 Å². The maximum Gasteiger partial charge on any atom is 0.318 e. The van der Waals surface area contributed by atoms with Gasteiger partial charge in [-0.3, -0.25) is 9.59 Å². The number of ether oxygens (including phenoxy) is 1. The van der Waals surface area contributed by atoms with Gasteiger partial charge in [0.05, 0.1) is 12.3 Å². The molecule has 1 fully saturated rings. The van der Waals surface area contributed by atoms with Crippen molar-refractivity contribution in [3.8, 4) is 6.01 Å². The Morgan fingerprint density at radius 3 is 2.50 bits per heavy atom. The number of nitrogens with zero attached hydrogens (tertiary/aromatic N) is 3. The quantitative estimate of drug-likeness (QED) is 0.704. The third-order valence-corrected chi connectivity index (χ3v) is 6.58. The lowest BCUT2D eigenvalue weighted by Crippen LogP contribution is -2.45. The smallest absolute Gasteiger partial charge is 0.318 e. The number of aliphatic carboxylic acids is 1. The Labute approximate surface area is 187 Å². The molecule has 2 heterocycles. The number of anilines is 2. The lowest BCUT2D eigenvalue weighted by molar-refractivity contribution is -0.138. The Morgan fingerprint density at radius 1 is 1.19 bits per heavy atom. The minimum atomic E-state index is -0.708. The fourth-order valence-electron chi connectivity index (χ4n) is 4.99. The highest BCUT2D eigenvalue weighted by molar-refractivity contribution is 6.11. The molecule has 0 radical (unpaired) electrons. The molecule has 1 saturated carbocycles. The van der Waals surface area contributed by atoms with Crippen LogP contribution in [0.3, 0.4) is 0 Å². The maximum absolute atomic E-state index is 13.3. The summed E-state index contributed by atoms with van der Waals surface area (Å²) in [5, 5.41) is 9.01. The van der Waals surface area contributed by atoms with Gasteiger partial charge in [0.1, 0.15) is 11.4 Å². The number of aromatic nitrogens is 2. The third-order valence-electron chi connectivity index (χ3n) is 6.58. The van der Waals surface area contributed by atoms with Crippen LogP contribution in [0.15, 0.2) is 24.3 Å². The molecular weight excluding hydrogens is 408 g/mol. The average Bonchev–Trinajstić information content (AvgIpc) is 2.74. The molecular formula is C24H30N4O4. The SMILES string of the molecule is CCOc1nc(N)c2c(n1)CC(C)N(c1ccc([C@H]3CC[C@H](CC(=O)O)CC3)cc1)C2=O. The van der Waals surface area contributed by atoms with Crippen molar-refractivity contribution >= 4 is 23.4 Å². The highest BCUT2D eigenvalue weighted by Crippen LogP contribution is 2.38. The van der Waals surface area contributed by atoms with E-state index in [1.165, 1.54) is 5.56 Å². The second-order valence-corrected chi connectivity index (χ2v) is 8.78. The van der Waals surface area contributed by atoms with Gasteiger partial charge >= 0.3 is 12.0 Å². The number of carbonyl (C=O) groups is 2. The molecule has 0 spiro atoms. The van der Waals surface area contributed by atoms with Gasteiger partial charge in [-0.05, 0) is 69.1 Å². The number of benzene rings is 1. The molecule has 32 heavy (non-hydrogen) atoms. The van der Waals surface area contributed by atoms with E-state index in [1.807, 2.05) is 26.0 Å². The zero-order chi connectivity index (χ0) is 22.8. The van der Waals surface area contributed by atoms with Crippen molar-refractivity contribution in [1.29, 1.82) is 0 Å². The van der Waals surface area contributed by atoms with Crippen molar-refractivity contribution in [2.75, 3.05) is 17.2 Å². The first-order valence-corrected chi connectivity index (χ1v) is 11.3. The molecule has 1 amide bonds. The first-order valence-electron chi connectivity index (χ1n) is 11.3. The molecule has 1 aliphatic carbocycles. The molecule has 4 rings (SSSR count). The Hall–Kier alpha value is -3.16. The number of carboxylic acid groups (broad SMARTS) is 1. The zero-order valence-corrected chi connectivity index (χ0v) is 18.6. The van der Waals surface area contributed by atoms with E-state index in [-0.39, 0.29) is 36.1 Å². The van der Waals surface area contributed by atoms with Crippen molar-refractivity contribution in [2.24, 2.45) is 5.92 Å². The van der Waals surface area contributed by atoms with Crippen molar-refractivity contribution in [1.82, 2.24) is 9.97 Å². The Morgan fingerprint density at radius 2 is 1.88 bits per heavy atom. The van der Waals surface area contributed by atoms with E-state index < -0.39 is 5.97 Å². The van der Waals surface area contributed by atoms with Gasteiger partial charge in [-0.1, -0.05) is 12.1 Å². The summed E-state index contributed by atoms with van der Waals surface area (Å²) in [6, 6.07) is 8.29. The molecule has 3 N–H and O–H groups in total. The van der Waals surface area contributed by atoms with Crippen LogP contribution >= 0.6 is 0 Å². The van der Waals surface area contributed by atoms with Crippen LogP contribution in [0.4, 0.5) is 11.5 Å². The lowest BCUT2D eigenvalue weighted by Gasteiger charge is -2.35. The summed E-state index contributed by atoms with van der Waals surface area (Å²) in [4.78, 5) is 34.5. The molecule has 0 saturated heterocycles. The molecule has 0 bridgehead atoms. The molecule has 1 unspecified atom stereocenters. The number of hydrogen-bond acceptors (Lipinski definition) is 6. The van der Waals surface area contributed by atoms with Gasteiger partial charge in [0.2, 0.25) is 0 Å². The van der Waals surface area contributed by atoms with Crippen molar-refractivity contribution < 1.29 is 19.4 Å². The van der Waals surface area contributed by atoms with Gasteiger partial charge in [0, 0.05) is 24.6 Å². The van der Waals surface area contributed by atoms with Gasteiger partial charge in [-0.25, -0.2) is 0 Å². The van der Waals surface area contributed by atoms with Gasteiger partial charge in [-0.2, -0.15) is 9.97 Å². The summed E-state index contributed by atoms with van der Waals surface area (Å²) < 4.78 is 5.37. The minimum Gasteiger partial charge on any atom is -0.481 e. The predicted octanol–water partition coefficient (Wildman–Crippen LogP) is 3.80. The topological polar surface area (TPSA) is 119 Å². The number of fused-ring (bicyclic) bond motifs is 1. The minimum absolute atomic E-state index is 0.0731. The van der Waals surface area contributed by atoms with E-state index >= 15 is 0 Å². The van der Waals surface area contributed by atoms with Crippen LogP contribution < -0.4 is 15.4 Å². The number of carboxylic acids is 1. The third kappa shape index (κ3) is 4.40. The Kier molecular flexibility index (Phi) is 6.30. The summed E-state index contributed by atoms with van der Waals surface area (Å²) in [6.45, 7) is 4.28. The van der Waals surface area contributed by atoms with E-state index in [4.69, 9.17) is 15.6 Å². The maximum atomic E-state index is 13.3. The van der Waals surface area contributed by atoms with Crippen molar-refractivity contribution in [3.63, 3.8) is 0 Å². The first-order chi connectivity index (χ1) is 15.4. The number of nitrogens with two attached hydrogens (primary N) is 1. The van der Waals surface area contributed by atoms with E-state index in [0.717, 1.165) is 31.4 Å². The summed E-state index contributed by atoms with van der Waals surface area (Å²) in [5.74, 6) is -0.0349. The van der Waals surface area contributed by atoms with E-state index in [1.54, 1.807) is 4.90 Å². The van der Waals surface area contributed by atoms with E-state index in [0.29, 0.717) is 30.2 Å². The molecule has 1 aromatic heterocycles. The average molecular weight is 439 g/mol. The summed E-state index contributed by atoms with van der Waals surface area (Å²) in [5.41, 5.74) is 9.14. The predicted molar refractivity (Wildman–Crippen MR) is 121 cm³/mol. The van der Waals surface area contributed by atoms with Crippen molar-refractivity contribution in [2.45, 2.75) is 64.3 Å². The van der Waals surface area contributed by atoms with Gasteiger partial charge in [0.15, 0.2) is 0 Å². The fourth-order valence-corrected chi connectivity index (χ4v) is 4.99. The van der Waals surface area contributed by atoms with Crippen LogP contribution in [-0.4, -0.2) is 39.6 Å². The van der Waals surface area contributed by atoms with Crippen LogP contribution in [-0.2, 0) is 11.2 Å². The summed E-state index contributed by atoms with van der Waals surface area (Å²) >= 11 is 0. The molecule has 8 heteroatoms. The molecule has 2 aromatic rings. The summed E-state index contributed by atoms with van der Waals surface area (Å²) in [7, 11) is 0. The van der Waals surface area contributed by atoms with Gasteiger partial charge < -0.3 is 20.5 Å². The Bertz CT molecular complexity index is 1000. The Balaban J connectivity index is 1.50. The van der Waals surface area contributed by atoms with E-state index in [2.05, 4.69) is 22.1 Å². The highest BCUT2D eigenvalue weighted by Gasteiger charge is 2.35. The number of nitrogen functional groups attached to an aromatic ring is 1. The monoisotopic (exact) mass is 438 g/mol. The normalized spacial score (nSPS) is 23.0. The number of carbonyl (C=O) groups excluding carboxylic acids is 1. The number of hydrogen-bond donors (Lipinski definition) is 2. The number of rotatable bonds is 6. The standard InChI is InChI=1S/C24H30N4O4/c1-3-32-24-26-19-12-14(2)28(23(31)21(19)22(25)27-24)18-10-8-17(9-11-18)16-6-4-15(5-7-16)13-20(29)30/h8-11,14-16H,3-7,12-13H2,1-2H3,(H,29,30)(H2,25,26,27)/t14?,15-,16-. The van der Waals surface area contributed by atoms with Gasteiger partial charge in [0.25, 0.3) is 5.91 Å². The zero-order valence-electron chi connectivity index (χ0n) is 18.6. The second kappa shape index (κ2) is 9.14. The summed E-state index contributed by atoms with van der Waals surface area (Å²) in [6.07, 6.45) is 4.73. The first kappa shape index (κ1) is 22.0. The number of amides is 1. The van der Waals surface area contributed by atoms with Crippen LogP contribution in [0, 0.1) is 5.92 Å².